The summed E-state index contributed by atoms with van der Waals surface area (Å²) in [6.07, 6.45) is 4.02. The first kappa shape index (κ1) is 22.1. The monoisotopic (exact) mass is 420 g/mol. The van der Waals surface area contributed by atoms with Crippen LogP contribution in [0.25, 0.3) is 0 Å². The SMILES string of the molecule is CN(C)C(=O)C1CCN(CC(=O)NCC(c2ccccc2Cl)N2CCCC2)CC1. The molecule has 1 aromatic rings. The Balaban J connectivity index is 1.51. The molecule has 3 rings (SSSR count). The average Bonchev–Trinajstić information content (AvgIpc) is 3.24. The van der Waals surface area contributed by atoms with Gasteiger partial charge in [0, 0.05) is 31.6 Å². The van der Waals surface area contributed by atoms with E-state index < -0.39 is 0 Å². The first-order valence-electron chi connectivity index (χ1n) is 10.6. The molecule has 29 heavy (non-hydrogen) atoms. The summed E-state index contributed by atoms with van der Waals surface area (Å²) in [5, 5.41) is 3.88. The standard InChI is InChI=1S/C22H33ClN4O2/c1-25(2)22(29)17-9-13-26(14-10-17)16-21(28)24-15-20(27-11-5-6-12-27)18-7-3-4-8-19(18)23/h3-4,7-8,17,20H,5-6,9-16H2,1-2H3,(H,24,28). The molecule has 6 nitrogen and oxygen atoms in total. The number of nitrogens with one attached hydrogen (secondary N) is 1. The summed E-state index contributed by atoms with van der Waals surface area (Å²) in [4.78, 5) is 30.9. The molecule has 1 N–H and O–H groups in total. The highest BCUT2D eigenvalue weighted by Gasteiger charge is 2.28. The van der Waals surface area contributed by atoms with Gasteiger partial charge in [-0.15, -0.1) is 0 Å². The third-order valence-electron chi connectivity index (χ3n) is 6.08. The Labute approximate surface area is 179 Å². The van der Waals surface area contributed by atoms with Crippen molar-refractivity contribution in [1.82, 2.24) is 20.0 Å². The van der Waals surface area contributed by atoms with Crippen LogP contribution in [-0.4, -0.2) is 79.9 Å². The lowest BCUT2D eigenvalue weighted by Crippen LogP contribution is -2.45. The Morgan fingerprint density at radius 1 is 1.14 bits per heavy atom. The molecule has 7 heteroatoms. The Bertz CT molecular complexity index is 698. The summed E-state index contributed by atoms with van der Waals surface area (Å²) in [6, 6.07) is 8.03. The third-order valence-corrected chi connectivity index (χ3v) is 6.43. The number of rotatable bonds is 7. The smallest absolute Gasteiger partial charge is 0.234 e. The van der Waals surface area contributed by atoms with Gasteiger partial charge in [0.1, 0.15) is 0 Å². The number of likely N-dealkylation sites (tertiary alicyclic amines) is 2. The maximum atomic E-state index is 12.6. The van der Waals surface area contributed by atoms with E-state index in [1.165, 1.54) is 12.8 Å². The van der Waals surface area contributed by atoms with Crippen molar-refractivity contribution >= 4 is 23.4 Å². The molecular weight excluding hydrogens is 388 g/mol. The van der Waals surface area contributed by atoms with E-state index in [4.69, 9.17) is 11.6 Å². The number of nitrogens with zero attached hydrogens (tertiary/aromatic N) is 3. The maximum Gasteiger partial charge on any atom is 0.234 e. The zero-order chi connectivity index (χ0) is 20.8. The minimum atomic E-state index is 0.0404. The van der Waals surface area contributed by atoms with Crippen molar-refractivity contribution in [3.8, 4) is 0 Å². The van der Waals surface area contributed by atoms with Crippen molar-refractivity contribution in [2.24, 2.45) is 5.92 Å². The number of hydrogen-bond donors (Lipinski definition) is 1. The second-order valence-electron chi connectivity index (χ2n) is 8.37. The van der Waals surface area contributed by atoms with Crippen molar-refractivity contribution in [2.75, 3.05) is 53.4 Å². The Hall–Kier alpha value is -1.63. The Morgan fingerprint density at radius 3 is 2.41 bits per heavy atom. The van der Waals surface area contributed by atoms with Gasteiger partial charge >= 0.3 is 0 Å². The van der Waals surface area contributed by atoms with E-state index in [-0.39, 0.29) is 23.8 Å². The number of benzene rings is 1. The molecular formula is C22H33ClN4O2. The van der Waals surface area contributed by atoms with Gasteiger partial charge in [-0.05, 0) is 63.5 Å². The molecule has 0 spiro atoms. The fraction of sp³-hybridized carbons (Fsp3) is 0.636. The van der Waals surface area contributed by atoms with E-state index in [0.717, 1.165) is 49.6 Å². The van der Waals surface area contributed by atoms with Gasteiger partial charge in [0.25, 0.3) is 0 Å². The van der Waals surface area contributed by atoms with Crippen LogP contribution in [0.15, 0.2) is 24.3 Å². The van der Waals surface area contributed by atoms with Crippen molar-refractivity contribution in [2.45, 2.75) is 31.7 Å². The van der Waals surface area contributed by atoms with Gasteiger partial charge in [0.2, 0.25) is 11.8 Å². The normalized spacial score (nSPS) is 19.8. The highest BCUT2D eigenvalue weighted by Crippen LogP contribution is 2.29. The summed E-state index contributed by atoms with van der Waals surface area (Å²) in [5.74, 6) is 0.324. The predicted octanol–water partition coefficient (Wildman–Crippen LogP) is 2.39. The quantitative estimate of drug-likeness (QED) is 0.735. The molecule has 2 amide bonds. The lowest BCUT2D eigenvalue weighted by molar-refractivity contribution is -0.134. The van der Waals surface area contributed by atoms with E-state index in [2.05, 4.69) is 21.2 Å². The van der Waals surface area contributed by atoms with Crippen LogP contribution >= 0.6 is 11.6 Å². The Morgan fingerprint density at radius 2 is 1.79 bits per heavy atom. The molecule has 1 aromatic carbocycles. The second-order valence-corrected chi connectivity index (χ2v) is 8.77. The molecule has 0 bridgehead atoms. The van der Waals surface area contributed by atoms with Gasteiger partial charge < -0.3 is 10.2 Å². The molecule has 2 aliphatic heterocycles. The number of piperidine rings is 1. The lowest BCUT2D eigenvalue weighted by Gasteiger charge is -2.32. The highest BCUT2D eigenvalue weighted by molar-refractivity contribution is 6.31. The van der Waals surface area contributed by atoms with Crippen molar-refractivity contribution in [3.05, 3.63) is 34.9 Å². The van der Waals surface area contributed by atoms with Crippen LogP contribution < -0.4 is 5.32 Å². The van der Waals surface area contributed by atoms with Crippen LogP contribution in [-0.2, 0) is 9.59 Å². The molecule has 0 aromatic heterocycles. The van der Waals surface area contributed by atoms with Crippen LogP contribution in [0.2, 0.25) is 5.02 Å². The minimum absolute atomic E-state index is 0.0404. The molecule has 0 aliphatic carbocycles. The van der Waals surface area contributed by atoms with Crippen LogP contribution in [0.5, 0.6) is 0 Å². The summed E-state index contributed by atoms with van der Waals surface area (Å²) in [5.41, 5.74) is 1.08. The van der Waals surface area contributed by atoms with Crippen LogP contribution in [0.4, 0.5) is 0 Å². The number of carbonyl (C=O) groups excluding carboxylic acids is 2. The predicted molar refractivity (Wildman–Crippen MR) is 116 cm³/mol. The van der Waals surface area contributed by atoms with E-state index >= 15 is 0 Å². The van der Waals surface area contributed by atoms with Crippen molar-refractivity contribution < 1.29 is 9.59 Å². The topological polar surface area (TPSA) is 55.9 Å². The lowest BCUT2D eigenvalue weighted by atomic mass is 9.95. The third kappa shape index (κ3) is 5.93. The van der Waals surface area contributed by atoms with Gasteiger partial charge in [-0.2, -0.15) is 0 Å². The average molecular weight is 421 g/mol. The summed E-state index contributed by atoms with van der Waals surface area (Å²) < 4.78 is 0. The molecule has 160 valence electrons. The van der Waals surface area contributed by atoms with E-state index in [9.17, 15) is 9.59 Å². The summed E-state index contributed by atoms with van der Waals surface area (Å²) in [6.45, 7) is 4.62. The summed E-state index contributed by atoms with van der Waals surface area (Å²) in [7, 11) is 3.61. The minimum Gasteiger partial charge on any atom is -0.353 e. The first-order chi connectivity index (χ1) is 14.0. The van der Waals surface area contributed by atoms with E-state index in [1.807, 2.05) is 18.2 Å². The van der Waals surface area contributed by atoms with E-state index in [0.29, 0.717) is 13.1 Å². The van der Waals surface area contributed by atoms with Gasteiger partial charge in [0.05, 0.1) is 12.6 Å². The van der Waals surface area contributed by atoms with Crippen molar-refractivity contribution in [1.29, 1.82) is 0 Å². The van der Waals surface area contributed by atoms with Gasteiger partial charge in [0.15, 0.2) is 0 Å². The largest absolute Gasteiger partial charge is 0.353 e. The maximum absolute atomic E-state index is 12.6. The number of hydrogen-bond acceptors (Lipinski definition) is 4. The molecule has 0 radical (unpaired) electrons. The first-order valence-corrected chi connectivity index (χ1v) is 11.0. The molecule has 2 aliphatic rings. The van der Waals surface area contributed by atoms with E-state index in [1.54, 1.807) is 19.0 Å². The summed E-state index contributed by atoms with van der Waals surface area (Å²) >= 11 is 6.45. The zero-order valence-electron chi connectivity index (χ0n) is 17.6. The number of halogens is 1. The van der Waals surface area contributed by atoms with Crippen LogP contribution in [0, 0.1) is 5.92 Å². The zero-order valence-corrected chi connectivity index (χ0v) is 18.3. The van der Waals surface area contributed by atoms with Gasteiger partial charge in [-0.25, -0.2) is 0 Å². The van der Waals surface area contributed by atoms with Crippen LogP contribution in [0.3, 0.4) is 0 Å². The molecule has 0 saturated carbocycles. The highest BCUT2D eigenvalue weighted by atomic mass is 35.5. The fourth-order valence-electron chi connectivity index (χ4n) is 4.41. The molecule has 1 atom stereocenters. The molecule has 2 fully saturated rings. The second kappa shape index (κ2) is 10.4. The molecule has 2 saturated heterocycles. The van der Waals surface area contributed by atoms with Gasteiger partial charge in [-0.1, -0.05) is 29.8 Å². The number of amides is 2. The Kier molecular flexibility index (Phi) is 7.92. The fourth-order valence-corrected chi connectivity index (χ4v) is 4.67. The number of carbonyl (C=O) groups is 2. The van der Waals surface area contributed by atoms with Crippen LogP contribution in [0.1, 0.15) is 37.3 Å². The molecule has 1 unspecified atom stereocenters. The molecule has 2 heterocycles. The van der Waals surface area contributed by atoms with Crippen molar-refractivity contribution in [3.63, 3.8) is 0 Å². The van der Waals surface area contributed by atoms with Gasteiger partial charge in [-0.3, -0.25) is 19.4 Å².